The van der Waals surface area contributed by atoms with Crippen molar-refractivity contribution in [2.45, 2.75) is 38.1 Å². The van der Waals surface area contributed by atoms with Gasteiger partial charge in [-0.1, -0.05) is 0 Å². The van der Waals surface area contributed by atoms with Gasteiger partial charge in [0, 0.05) is 18.2 Å². The maximum absolute atomic E-state index is 5.84. The van der Waals surface area contributed by atoms with Gasteiger partial charge in [0.05, 0.1) is 11.0 Å². The molecule has 0 amide bonds. The van der Waals surface area contributed by atoms with E-state index in [9.17, 15) is 0 Å². The summed E-state index contributed by atoms with van der Waals surface area (Å²) in [5.41, 5.74) is 9.00. The molecule has 0 radical (unpaired) electrons. The molecule has 0 saturated heterocycles. The van der Waals surface area contributed by atoms with E-state index in [0.29, 0.717) is 5.92 Å². The molecule has 0 aliphatic heterocycles. The minimum absolute atomic E-state index is 0.711. The fourth-order valence-electron chi connectivity index (χ4n) is 2.57. The average molecular weight is 227 g/mol. The molecule has 17 heavy (non-hydrogen) atoms. The molecule has 3 nitrogen and oxygen atoms in total. The summed E-state index contributed by atoms with van der Waals surface area (Å²) in [7, 11) is 0. The van der Waals surface area contributed by atoms with Crippen molar-refractivity contribution in [1.82, 2.24) is 9.55 Å². The van der Waals surface area contributed by atoms with Gasteiger partial charge in [0.25, 0.3) is 0 Å². The van der Waals surface area contributed by atoms with E-state index in [1.54, 1.807) is 0 Å². The second-order valence-corrected chi connectivity index (χ2v) is 5.55. The van der Waals surface area contributed by atoms with Crippen LogP contribution in [-0.2, 0) is 6.54 Å². The van der Waals surface area contributed by atoms with E-state index in [-0.39, 0.29) is 0 Å². The molecule has 0 spiro atoms. The standard InChI is InChI=1S/C14H17N3/c15-11-5-6-13-12(7-11)16-14(10-3-4-10)17(13)8-9-1-2-9/h5-7,9-10H,1-4,8,15H2. The summed E-state index contributed by atoms with van der Waals surface area (Å²) < 4.78 is 2.45. The van der Waals surface area contributed by atoms with Gasteiger partial charge in [0.2, 0.25) is 0 Å². The minimum atomic E-state index is 0.711. The number of hydrogen-bond donors (Lipinski definition) is 1. The third kappa shape index (κ3) is 1.61. The molecule has 2 aliphatic rings. The maximum Gasteiger partial charge on any atom is 0.113 e. The molecule has 2 aliphatic carbocycles. The third-order valence-corrected chi connectivity index (χ3v) is 3.88. The SMILES string of the molecule is Nc1ccc2c(c1)nc(C1CC1)n2CC1CC1. The second-order valence-electron chi connectivity index (χ2n) is 5.55. The van der Waals surface area contributed by atoms with Crippen LogP contribution in [0.3, 0.4) is 0 Å². The smallest absolute Gasteiger partial charge is 0.113 e. The summed E-state index contributed by atoms with van der Waals surface area (Å²) in [5, 5.41) is 0. The van der Waals surface area contributed by atoms with Crippen molar-refractivity contribution >= 4 is 16.7 Å². The van der Waals surface area contributed by atoms with Gasteiger partial charge < -0.3 is 10.3 Å². The van der Waals surface area contributed by atoms with E-state index in [1.807, 2.05) is 12.1 Å². The minimum Gasteiger partial charge on any atom is -0.399 e. The molecule has 88 valence electrons. The lowest BCUT2D eigenvalue weighted by Crippen LogP contribution is -2.04. The summed E-state index contributed by atoms with van der Waals surface area (Å²) in [5.74, 6) is 2.90. The lowest BCUT2D eigenvalue weighted by molar-refractivity contribution is 0.611. The van der Waals surface area contributed by atoms with Gasteiger partial charge in [-0.15, -0.1) is 0 Å². The first-order valence-corrected chi connectivity index (χ1v) is 6.57. The van der Waals surface area contributed by atoms with Crippen molar-refractivity contribution < 1.29 is 0 Å². The number of nitrogens with zero attached hydrogens (tertiary/aromatic N) is 2. The number of nitrogen functional groups attached to an aromatic ring is 1. The molecular weight excluding hydrogens is 210 g/mol. The van der Waals surface area contributed by atoms with Crippen molar-refractivity contribution in [2.75, 3.05) is 5.73 Å². The Hall–Kier alpha value is -1.51. The molecule has 1 aromatic heterocycles. The molecule has 1 heterocycles. The molecule has 2 aromatic rings. The Bertz CT molecular complexity index is 576. The quantitative estimate of drug-likeness (QED) is 0.819. The predicted molar refractivity (Wildman–Crippen MR) is 68.8 cm³/mol. The molecule has 1 aromatic carbocycles. The molecule has 4 rings (SSSR count). The zero-order valence-corrected chi connectivity index (χ0v) is 9.89. The molecule has 2 N–H and O–H groups in total. The van der Waals surface area contributed by atoms with Gasteiger partial charge in [-0.05, 0) is 49.8 Å². The summed E-state index contributed by atoms with van der Waals surface area (Å²) in [4.78, 5) is 4.80. The summed E-state index contributed by atoms with van der Waals surface area (Å²) in [6.45, 7) is 1.16. The number of hydrogen-bond acceptors (Lipinski definition) is 2. The number of nitrogens with two attached hydrogens (primary N) is 1. The Balaban J connectivity index is 1.88. The summed E-state index contributed by atoms with van der Waals surface area (Å²) in [6, 6.07) is 6.13. The van der Waals surface area contributed by atoms with E-state index in [0.717, 1.165) is 23.7 Å². The Labute approximate surface area is 101 Å². The van der Waals surface area contributed by atoms with Crippen molar-refractivity contribution in [3.63, 3.8) is 0 Å². The topological polar surface area (TPSA) is 43.8 Å². The van der Waals surface area contributed by atoms with Crippen LogP contribution in [0.4, 0.5) is 5.69 Å². The van der Waals surface area contributed by atoms with Crippen LogP contribution in [0.25, 0.3) is 11.0 Å². The van der Waals surface area contributed by atoms with Crippen LogP contribution in [-0.4, -0.2) is 9.55 Å². The summed E-state index contributed by atoms with van der Waals surface area (Å²) in [6.07, 6.45) is 5.39. The summed E-state index contributed by atoms with van der Waals surface area (Å²) >= 11 is 0. The van der Waals surface area contributed by atoms with Gasteiger partial charge in [-0.25, -0.2) is 4.98 Å². The number of rotatable bonds is 3. The fourth-order valence-corrected chi connectivity index (χ4v) is 2.57. The first kappa shape index (κ1) is 9.51. The van der Waals surface area contributed by atoms with E-state index in [2.05, 4.69) is 10.6 Å². The number of anilines is 1. The van der Waals surface area contributed by atoms with Crippen molar-refractivity contribution in [3.8, 4) is 0 Å². The van der Waals surface area contributed by atoms with Crippen molar-refractivity contribution in [3.05, 3.63) is 24.0 Å². The van der Waals surface area contributed by atoms with Crippen LogP contribution in [0.5, 0.6) is 0 Å². The Morgan fingerprint density at radius 1 is 1.24 bits per heavy atom. The number of aromatic nitrogens is 2. The number of imidazole rings is 1. The highest BCUT2D eigenvalue weighted by Crippen LogP contribution is 2.42. The van der Waals surface area contributed by atoms with Crippen LogP contribution in [0.1, 0.15) is 37.4 Å². The molecule has 0 unspecified atom stereocenters. The van der Waals surface area contributed by atoms with Crippen LogP contribution in [0.2, 0.25) is 0 Å². The first-order chi connectivity index (χ1) is 8.31. The molecule has 0 atom stereocenters. The van der Waals surface area contributed by atoms with Crippen molar-refractivity contribution in [1.29, 1.82) is 0 Å². The van der Waals surface area contributed by atoms with Gasteiger partial charge in [0.15, 0.2) is 0 Å². The fraction of sp³-hybridized carbons (Fsp3) is 0.500. The van der Waals surface area contributed by atoms with E-state index >= 15 is 0 Å². The number of benzene rings is 1. The highest BCUT2D eigenvalue weighted by atomic mass is 15.1. The van der Waals surface area contributed by atoms with E-state index in [4.69, 9.17) is 10.7 Å². The van der Waals surface area contributed by atoms with Crippen molar-refractivity contribution in [2.24, 2.45) is 5.92 Å². The van der Waals surface area contributed by atoms with Gasteiger partial charge in [-0.3, -0.25) is 0 Å². The third-order valence-electron chi connectivity index (χ3n) is 3.88. The first-order valence-electron chi connectivity index (χ1n) is 6.57. The second kappa shape index (κ2) is 3.25. The molecule has 3 heteroatoms. The van der Waals surface area contributed by atoms with Crippen LogP contribution < -0.4 is 5.73 Å². The Morgan fingerprint density at radius 2 is 2.06 bits per heavy atom. The predicted octanol–water partition coefficient (Wildman–Crippen LogP) is 2.91. The zero-order valence-electron chi connectivity index (χ0n) is 9.89. The van der Waals surface area contributed by atoms with E-state index < -0.39 is 0 Å². The Morgan fingerprint density at radius 3 is 2.76 bits per heavy atom. The van der Waals surface area contributed by atoms with Crippen LogP contribution in [0, 0.1) is 5.92 Å². The lowest BCUT2D eigenvalue weighted by atomic mass is 10.2. The average Bonchev–Trinajstić information content (AvgIpc) is 3.19. The van der Waals surface area contributed by atoms with Crippen LogP contribution in [0.15, 0.2) is 18.2 Å². The Kier molecular flexibility index (Phi) is 1.82. The highest BCUT2D eigenvalue weighted by Gasteiger charge is 2.31. The molecule has 0 bridgehead atoms. The highest BCUT2D eigenvalue weighted by molar-refractivity contribution is 5.79. The molecule has 2 fully saturated rings. The van der Waals surface area contributed by atoms with Gasteiger partial charge >= 0.3 is 0 Å². The largest absolute Gasteiger partial charge is 0.399 e. The lowest BCUT2D eigenvalue weighted by Gasteiger charge is -2.07. The van der Waals surface area contributed by atoms with E-state index in [1.165, 1.54) is 37.0 Å². The normalized spacial score (nSPS) is 20.0. The van der Waals surface area contributed by atoms with Crippen LogP contribution >= 0.6 is 0 Å². The monoisotopic (exact) mass is 227 g/mol. The molecule has 2 saturated carbocycles. The maximum atomic E-state index is 5.84. The van der Waals surface area contributed by atoms with Gasteiger partial charge in [0.1, 0.15) is 5.82 Å². The number of fused-ring (bicyclic) bond motifs is 1. The zero-order chi connectivity index (χ0) is 11.4. The molecular formula is C14H17N3. The van der Waals surface area contributed by atoms with Gasteiger partial charge in [-0.2, -0.15) is 0 Å².